The van der Waals surface area contributed by atoms with Crippen molar-refractivity contribution in [3.8, 4) is 0 Å². The normalized spacial score (nSPS) is 12.6. The third kappa shape index (κ3) is 11.1. The molecule has 29 heavy (non-hydrogen) atoms. The maximum absolute atomic E-state index is 12.0. The van der Waals surface area contributed by atoms with E-state index in [1.807, 2.05) is 13.8 Å². The summed E-state index contributed by atoms with van der Waals surface area (Å²) in [5.41, 5.74) is 0.467. The zero-order chi connectivity index (χ0) is 22.6. The molecule has 0 spiro atoms. The van der Waals surface area contributed by atoms with E-state index in [-0.39, 0.29) is 18.9 Å². The molecule has 2 amide bonds. The zero-order valence-corrected chi connectivity index (χ0v) is 18.4. The number of aliphatic hydroxyl groups excluding tert-OH is 1. The van der Waals surface area contributed by atoms with Gasteiger partial charge in [0, 0.05) is 18.5 Å². The van der Waals surface area contributed by atoms with Crippen LogP contribution in [0.25, 0.3) is 0 Å². The number of ether oxygens (including phenoxy) is 2. The maximum Gasteiger partial charge on any atom is 0.408 e. The van der Waals surface area contributed by atoms with Crippen LogP contribution in [-0.4, -0.2) is 54.5 Å². The minimum atomic E-state index is -0.917. The first-order valence-corrected chi connectivity index (χ1v) is 9.64. The number of alkyl carbamates (subject to hydrolysis) is 1. The lowest BCUT2D eigenvalue weighted by atomic mass is 10.0. The van der Waals surface area contributed by atoms with Crippen LogP contribution >= 0.6 is 0 Å². The molecular weight excluding hydrogens is 376 g/mol. The number of amides is 2. The van der Waals surface area contributed by atoms with Gasteiger partial charge in [-0.15, -0.1) is 0 Å². The van der Waals surface area contributed by atoms with Crippen LogP contribution in [0.3, 0.4) is 0 Å². The van der Waals surface area contributed by atoms with Gasteiger partial charge < -0.3 is 25.2 Å². The van der Waals surface area contributed by atoms with E-state index in [1.54, 1.807) is 52.0 Å². The minimum absolute atomic E-state index is 0.158. The Kier molecular flexibility index (Phi) is 11.6. The van der Waals surface area contributed by atoms with Crippen molar-refractivity contribution in [1.82, 2.24) is 10.6 Å². The topological polar surface area (TPSA) is 114 Å². The number of carbonyl (C=O) groups is 3. The largest absolute Gasteiger partial charge is 0.467 e. The maximum atomic E-state index is 12.0. The van der Waals surface area contributed by atoms with E-state index in [9.17, 15) is 19.5 Å². The number of carbonyl (C=O) groups excluding carboxylic acids is 3. The molecule has 0 radical (unpaired) electrons. The standard InChI is InChI=1S/C19H28N2O6.C2H6/c1-12(22)11-20-16(23)14-8-6-13(7-9-14)10-15(17(24)26-5)21-18(25)27-19(2,3)4;1-2/h6-9,12,15,22H,10-11H2,1-5H3,(H,20,23)(H,21,25);1-2H3. The van der Waals surface area contributed by atoms with Crippen LogP contribution in [0.1, 0.15) is 57.5 Å². The number of rotatable bonds is 7. The first kappa shape index (κ1) is 26.4. The summed E-state index contributed by atoms with van der Waals surface area (Å²) in [5, 5.41) is 14.3. The monoisotopic (exact) mass is 410 g/mol. The Balaban J connectivity index is 0.00000379. The Hall–Kier alpha value is -2.61. The second kappa shape index (κ2) is 12.8. The molecule has 1 aromatic carbocycles. The molecule has 0 saturated carbocycles. The zero-order valence-electron chi connectivity index (χ0n) is 18.4. The van der Waals surface area contributed by atoms with E-state index in [2.05, 4.69) is 10.6 Å². The van der Waals surface area contributed by atoms with Crippen LogP contribution in [0, 0.1) is 0 Å². The Morgan fingerprint density at radius 2 is 1.66 bits per heavy atom. The van der Waals surface area contributed by atoms with E-state index < -0.39 is 29.8 Å². The lowest BCUT2D eigenvalue weighted by molar-refractivity contribution is -0.143. The van der Waals surface area contributed by atoms with E-state index in [4.69, 9.17) is 9.47 Å². The first-order chi connectivity index (χ1) is 13.5. The van der Waals surface area contributed by atoms with Gasteiger partial charge in [0.1, 0.15) is 11.6 Å². The van der Waals surface area contributed by atoms with Gasteiger partial charge in [0.15, 0.2) is 0 Å². The van der Waals surface area contributed by atoms with Gasteiger partial charge >= 0.3 is 12.1 Å². The molecule has 0 aliphatic rings. The third-order valence-electron chi connectivity index (χ3n) is 3.39. The van der Waals surface area contributed by atoms with E-state index >= 15 is 0 Å². The average molecular weight is 411 g/mol. The second-order valence-corrected chi connectivity index (χ2v) is 7.18. The summed E-state index contributed by atoms with van der Waals surface area (Å²) < 4.78 is 9.90. The molecule has 0 fully saturated rings. The van der Waals surface area contributed by atoms with Gasteiger partial charge in [-0.1, -0.05) is 26.0 Å². The molecule has 0 aromatic heterocycles. The number of aliphatic hydroxyl groups is 1. The molecule has 0 heterocycles. The molecule has 2 unspecified atom stereocenters. The second-order valence-electron chi connectivity index (χ2n) is 7.18. The van der Waals surface area contributed by atoms with Crippen molar-refractivity contribution in [2.75, 3.05) is 13.7 Å². The summed E-state index contributed by atoms with van der Waals surface area (Å²) in [7, 11) is 1.24. The molecule has 8 heteroatoms. The molecule has 0 aliphatic heterocycles. The molecule has 3 N–H and O–H groups in total. The van der Waals surface area contributed by atoms with Gasteiger partial charge in [0.05, 0.1) is 13.2 Å². The van der Waals surface area contributed by atoms with Crippen LogP contribution < -0.4 is 10.6 Å². The third-order valence-corrected chi connectivity index (χ3v) is 3.39. The van der Waals surface area contributed by atoms with Gasteiger partial charge in [0.25, 0.3) is 5.91 Å². The van der Waals surface area contributed by atoms with Crippen molar-refractivity contribution >= 4 is 18.0 Å². The fraction of sp³-hybridized carbons (Fsp3) is 0.571. The molecule has 8 nitrogen and oxygen atoms in total. The minimum Gasteiger partial charge on any atom is -0.467 e. The van der Waals surface area contributed by atoms with E-state index in [0.717, 1.165) is 5.56 Å². The number of hydrogen-bond acceptors (Lipinski definition) is 6. The van der Waals surface area contributed by atoms with E-state index in [1.165, 1.54) is 7.11 Å². The fourth-order valence-corrected chi connectivity index (χ4v) is 2.16. The Bertz CT molecular complexity index is 650. The molecule has 1 aromatic rings. The highest BCUT2D eigenvalue weighted by molar-refractivity contribution is 5.94. The van der Waals surface area contributed by atoms with Gasteiger partial charge in [-0.25, -0.2) is 9.59 Å². The highest BCUT2D eigenvalue weighted by atomic mass is 16.6. The predicted octanol–water partition coefficient (Wildman–Crippen LogP) is 2.43. The Morgan fingerprint density at radius 3 is 2.10 bits per heavy atom. The predicted molar refractivity (Wildman–Crippen MR) is 111 cm³/mol. The molecule has 1 rings (SSSR count). The molecule has 0 bridgehead atoms. The summed E-state index contributed by atoms with van der Waals surface area (Å²) in [6.07, 6.45) is -1.17. The fourth-order valence-electron chi connectivity index (χ4n) is 2.16. The van der Waals surface area contributed by atoms with Gasteiger partial charge in [0.2, 0.25) is 0 Å². The molecule has 0 aliphatic carbocycles. The van der Waals surface area contributed by atoms with Gasteiger partial charge in [-0.2, -0.15) is 0 Å². The van der Waals surface area contributed by atoms with Crippen LogP contribution in [-0.2, 0) is 20.7 Å². The van der Waals surface area contributed by atoms with Crippen molar-refractivity contribution < 1.29 is 29.0 Å². The summed E-state index contributed by atoms with van der Waals surface area (Å²) in [5.74, 6) is -0.904. The van der Waals surface area contributed by atoms with Crippen molar-refractivity contribution in [3.63, 3.8) is 0 Å². The first-order valence-electron chi connectivity index (χ1n) is 9.64. The number of hydrogen-bond donors (Lipinski definition) is 3. The molecular formula is C21H34N2O6. The Morgan fingerprint density at radius 1 is 1.10 bits per heavy atom. The summed E-state index contributed by atoms with van der Waals surface area (Å²) >= 11 is 0. The van der Waals surface area contributed by atoms with Crippen molar-refractivity contribution in [1.29, 1.82) is 0 Å². The average Bonchev–Trinajstić information content (AvgIpc) is 2.65. The molecule has 164 valence electrons. The number of nitrogens with one attached hydrogen (secondary N) is 2. The number of methoxy groups -OCH3 is 1. The SMILES string of the molecule is CC.COC(=O)C(Cc1ccc(C(=O)NCC(C)O)cc1)NC(=O)OC(C)(C)C. The van der Waals surface area contributed by atoms with Crippen LogP contribution in [0.2, 0.25) is 0 Å². The lowest BCUT2D eigenvalue weighted by Gasteiger charge is -2.22. The number of benzene rings is 1. The van der Waals surface area contributed by atoms with Gasteiger partial charge in [-0.3, -0.25) is 4.79 Å². The smallest absolute Gasteiger partial charge is 0.408 e. The number of esters is 1. The summed E-state index contributed by atoms with van der Waals surface area (Å²) in [4.78, 5) is 35.8. The quantitative estimate of drug-likeness (QED) is 0.595. The summed E-state index contributed by atoms with van der Waals surface area (Å²) in [6.45, 7) is 10.9. The Labute approximate surface area is 173 Å². The van der Waals surface area contributed by atoms with Crippen molar-refractivity contribution in [2.45, 2.75) is 65.7 Å². The lowest BCUT2D eigenvalue weighted by Crippen LogP contribution is -2.45. The molecule has 2 atom stereocenters. The van der Waals surface area contributed by atoms with E-state index in [0.29, 0.717) is 5.56 Å². The van der Waals surface area contributed by atoms with Gasteiger partial charge in [-0.05, 0) is 45.4 Å². The molecule has 0 saturated heterocycles. The van der Waals surface area contributed by atoms with Crippen molar-refractivity contribution in [3.05, 3.63) is 35.4 Å². The summed E-state index contributed by atoms with van der Waals surface area (Å²) in [6, 6.07) is 5.66. The highest BCUT2D eigenvalue weighted by Gasteiger charge is 2.25. The highest BCUT2D eigenvalue weighted by Crippen LogP contribution is 2.10. The van der Waals surface area contributed by atoms with Crippen molar-refractivity contribution in [2.24, 2.45) is 0 Å². The van der Waals surface area contributed by atoms with Crippen LogP contribution in [0.15, 0.2) is 24.3 Å². The van der Waals surface area contributed by atoms with Crippen LogP contribution in [0.4, 0.5) is 4.79 Å². The van der Waals surface area contributed by atoms with Crippen LogP contribution in [0.5, 0.6) is 0 Å².